The molecule has 1 aromatic heterocycles. The smallest absolute Gasteiger partial charge is 0.222 e. The highest BCUT2D eigenvalue weighted by molar-refractivity contribution is 5.65. The Balaban J connectivity index is 1.35. The Labute approximate surface area is 222 Å². The molecule has 3 aliphatic rings. The third-order valence-electron chi connectivity index (χ3n) is 8.00. The maximum atomic E-state index is 6.16. The molecule has 0 atom stereocenters. The van der Waals surface area contributed by atoms with Gasteiger partial charge in [-0.05, 0) is 70.0 Å². The Morgan fingerprint density at radius 1 is 0.973 bits per heavy atom. The first kappa shape index (κ1) is 26.2. The number of anilines is 2. The van der Waals surface area contributed by atoms with Crippen molar-refractivity contribution in [1.29, 1.82) is 0 Å². The molecule has 8 heteroatoms. The van der Waals surface area contributed by atoms with Crippen molar-refractivity contribution in [3.8, 4) is 17.3 Å². The first-order valence-electron chi connectivity index (χ1n) is 14.3. The van der Waals surface area contributed by atoms with Crippen molar-refractivity contribution >= 4 is 11.5 Å². The van der Waals surface area contributed by atoms with Gasteiger partial charge in [-0.1, -0.05) is 12.8 Å². The number of piperazine rings is 1. The molecule has 0 unspecified atom stereocenters. The number of hydrogen-bond acceptors (Lipinski definition) is 8. The average Bonchev–Trinajstić information content (AvgIpc) is 3.47. The van der Waals surface area contributed by atoms with E-state index in [1.54, 1.807) is 0 Å². The summed E-state index contributed by atoms with van der Waals surface area (Å²) in [6.45, 7) is 12.7. The minimum absolute atomic E-state index is 0.469. The summed E-state index contributed by atoms with van der Waals surface area (Å²) in [6, 6.07) is 8.75. The molecular formula is C29H44N6O2. The van der Waals surface area contributed by atoms with Gasteiger partial charge in [-0.15, -0.1) is 0 Å². The van der Waals surface area contributed by atoms with Crippen LogP contribution in [0.4, 0.5) is 11.5 Å². The Morgan fingerprint density at radius 2 is 1.70 bits per heavy atom. The number of ether oxygens (including phenoxy) is 2. The molecule has 1 saturated carbocycles. The van der Waals surface area contributed by atoms with Crippen molar-refractivity contribution in [2.75, 3.05) is 89.4 Å². The fourth-order valence-corrected chi connectivity index (χ4v) is 5.76. The highest BCUT2D eigenvalue weighted by atomic mass is 16.5. The van der Waals surface area contributed by atoms with Gasteiger partial charge < -0.3 is 24.6 Å². The number of benzene rings is 1. The van der Waals surface area contributed by atoms with Crippen LogP contribution < -0.4 is 15.0 Å². The molecule has 3 fully saturated rings. The minimum atomic E-state index is 0.469. The maximum Gasteiger partial charge on any atom is 0.222 e. The lowest BCUT2D eigenvalue weighted by atomic mass is 9.98. The van der Waals surface area contributed by atoms with E-state index in [0.717, 1.165) is 95.1 Å². The number of hydrogen-bond donors (Lipinski definition) is 1. The third-order valence-corrected chi connectivity index (χ3v) is 8.00. The van der Waals surface area contributed by atoms with E-state index in [-0.39, 0.29) is 0 Å². The molecule has 8 nitrogen and oxygen atoms in total. The van der Waals surface area contributed by atoms with Gasteiger partial charge in [0, 0.05) is 57.1 Å². The van der Waals surface area contributed by atoms with Crippen LogP contribution in [0.15, 0.2) is 24.3 Å². The van der Waals surface area contributed by atoms with E-state index in [1.807, 2.05) is 6.92 Å². The van der Waals surface area contributed by atoms with Crippen LogP contribution in [0.1, 0.15) is 50.5 Å². The molecule has 1 aliphatic carbocycles. The molecule has 0 bridgehead atoms. The van der Waals surface area contributed by atoms with Gasteiger partial charge in [0.2, 0.25) is 5.88 Å². The first-order valence-corrected chi connectivity index (χ1v) is 14.3. The van der Waals surface area contributed by atoms with Crippen molar-refractivity contribution in [2.24, 2.45) is 0 Å². The standard InChI is InChI=1S/C29H44N6O2/c1-3-37-29-26(23-7-4-5-8-23)28(30-13-6-14-34-19-21-36-22-20-34)31-27(32-29)24-9-11-25(12-10-24)35-17-15-33(2)16-18-35/h9-12,23H,3-8,13-22H2,1-2H3,(H,30,31,32). The molecule has 0 spiro atoms. The summed E-state index contributed by atoms with van der Waals surface area (Å²) in [7, 11) is 2.19. The Morgan fingerprint density at radius 3 is 2.41 bits per heavy atom. The molecule has 1 N–H and O–H groups in total. The van der Waals surface area contributed by atoms with Crippen LogP contribution in [0.25, 0.3) is 11.4 Å². The average molecular weight is 509 g/mol. The fraction of sp³-hybridized carbons (Fsp3) is 0.655. The van der Waals surface area contributed by atoms with Gasteiger partial charge >= 0.3 is 0 Å². The van der Waals surface area contributed by atoms with Crippen LogP contribution in [-0.4, -0.2) is 99.0 Å². The zero-order chi connectivity index (χ0) is 25.5. The monoisotopic (exact) mass is 508 g/mol. The summed E-state index contributed by atoms with van der Waals surface area (Å²) >= 11 is 0. The normalized spacial score (nSPS) is 19.9. The second-order valence-corrected chi connectivity index (χ2v) is 10.6. The van der Waals surface area contributed by atoms with E-state index in [0.29, 0.717) is 12.5 Å². The Bertz CT molecular complexity index is 981. The SMILES string of the molecule is CCOc1nc(-c2ccc(N3CCN(C)CC3)cc2)nc(NCCCN2CCOCC2)c1C1CCCC1. The van der Waals surface area contributed by atoms with Crippen LogP contribution >= 0.6 is 0 Å². The van der Waals surface area contributed by atoms with Gasteiger partial charge in [-0.2, -0.15) is 4.98 Å². The van der Waals surface area contributed by atoms with Crippen molar-refractivity contribution in [3.63, 3.8) is 0 Å². The molecule has 2 aromatic rings. The van der Waals surface area contributed by atoms with E-state index < -0.39 is 0 Å². The van der Waals surface area contributed by atoms with Crippen LogP contribution in [-0.2, 0) is 4.74 Å². The predicted octanol–water partition coefficient (Wildman–Crippen LogP) is 4.09. The molecule has 0 radical (unpaired) electrons. The summed E-state index contributed by atoms with van der Waals surface area (Å²) in [4.78, 5) is 17.4. The zero-order valence-electron chi connectivity index (χ0n) is 22.8. The van der Waals surface area contributed by atoms with Crippen LogP contribution in [0, 0.1) is 0 Å². The van der Waals surface area contributed by atoms with Gasteiger partial charge in [0.25, 0.3) is 0 Å². The van der Waals surface area contributed by atoms with Crippen LogP contribution in [0.2, 0.25) is 0 Å². The number of nitrogens with zero attached hydrogens (tertiary/aromatic N) is 5. The molecule has 202 valence electrons. The first-order chi connectivity index (χ1) is 18.2. The van der Waals surface area contributed by atoms with Crippen molar-refractivity contribution in [3.05, 3.63) is 29.8 Å². The maximum absolute atomic E-state index is 6.16. The quantitative estimate of drug-likeness (QED) is 0.482. The summed E-state index contributed by atoms with van der Waals surface area (Å²) in [5.41, 5.74) is 3.49. The second-order valence-electron chi connectivity index (χ2n) is 10.6. The highest BCUT2D eigenvalue weighted by Gasteiger charge is 2.27. The largest absolute Gasteiger partial charge is 0.478 e. The molecular weight excluding hydrogens is 464 g/mol. The van der Waals surface area contributed by atoms with E-state index in [4.69, 9.17) is 19.4 Å². The predicted molar refractivity (Wildman–Crippen MR) is 150 cm³/mol. The lowest BCUT2D eigenvalue weighted by Crippen LogP contribution is -2.44. The van der Waals surface area contributed by atoms with E-state index >= 15 is 0 Å². The summed E-state index contributed by atoms with van der Waals surface area (Å²) < 4.78 is 11.6. The summed E-state index contributed by atoms with van der Waals surface area (Å²) in [5, 5.41) is 3.70. The zero-order valence-corrected chi connectivity index (χ0v) is 22.8. The van der Waals surface area contributed by atoms with E-state index in [1.165, 1.54) is 36.9 Å². The minimum Gasteiger partial charge on any atom is -0.478 e. The number of rotatable bonds is 10. The lowest BCUT2D eigenvalue weighted by molar-refractivity contribution is 0.0378. The highest BCUT2D eigenvalue weighted by Crippen LogP contribution is 2.42. The number of likely N-dealkylation sites (N-methyl/N-ethyl adjacent to an activating group) is 1. The summed E-state index contributed by atoms with van der Waals surface area (Å²) in [5.74, 6) is 2.94. The van der Waals surface area contributed by atoms with E-state index in [2.05, 4.69) is 51.3 Å². The molecule has 1 aromatic carbocycles. The van der Waals surface area contributed by atoms with Crippen LogP contribution in [0.3, 0.4) is 0 Å². The fourth-order valence-electron chi connectivity index (χ4n) is 5.76. The van der Waals surface area contributed by atoms with Gasteiger partial charge in [0.15, 0.2) is 5.82 Å². The summed E-state index contributed by atoms with van der Waals surface area (Å²) in [6.07, 6.45) is 5.98. The molecule has 2 saturated heterocycles. The molecule has 2 aliphatic heterocycles. The number of morpholine rings is 1. The molecule has 0 amide bonds. The van der Waals surface area contributed by atoms with Gasteiger partial charge in [-0.3, -0.25) is 4.90 Å². The topological polar surface area (TPSA) is 66.0 Å². The molecule has 5 rings (SSSR count). The Hall–Kier alpha value is -2.42. The van der Waals surface area contributed by atoms with E-state index in [9.17, 15) is 0 Å². The van der Waals surface area contributed by atoms with Crippen molar-refractivity contribution in [1.82, 2.24) is 19.8 Å². The number of aromatic nitrogens is 2. The van der Waals surface area contributed by atoms with Crippen molar-refractivity contribution in [2.45, 2.75) is 44.9 Å². The van der Waals surface area contributed by atoms with Gasteiger partial charge in [0.05, 0.1) is 25.4 Å². The van der Waals surface area contributed by atoms with Gasteiger partial charge in [0.1, 0.15) is 5.82 Å². The molecule has 3 heterocycles. The van der Waals surface area contributed by atoms with Gasteiger partial charge in [-0.25, -0.2) is 4.98 Å². The number of nitrogens with one attached hydrogen (secondary N) is 1. The third kappa shape index (κ3) is 6.72. The Kier molecular flexibility index (Phi) is 9.13. The second kappa shape index (κ2) is 12.9. The lowest BCUT2D eigenvalue weighted by Gasteiger charge is -2.34. The molecule has 37 heavy (non-hydrogen) atoms. The van der Waals surface area contributed by atoms with Crippen LogP contribution in [0.5, 0.6) is 5.88 Å². The van der Waals surface area contributed by atoms with Crippen molar-refractivity contribution < 1.29 is 9.47 Å².